The first-order valence-corrected chi connectivity index (χ1v) is 11.7. The minimum Gasteiger partial charge on any atom is -0.481 e. The topological polar surface area (TPSA) is 94.8 Å². The zero-order valence-electron chi connectivity index (χ0n) is 17.1. The fourth-order valence-electron chi connectivity index (χ4n) is 3.65. The highest BCUT2D eigenvalue weighted by Crippen LogP contribution is 2.32. The maximum atomic E-state index is 12.4. The molecule has 158 valence electrons. The van der Waals surface area contributed by atoms with E-state index in [0.29, 0.717) is 12.2 Å². The van der Waals surface area contributed by atoms with Crippen LogP contribution < -0.4 is 0 Å². The van der Waals surface area contributed by atoms with E-state index < -0.39 is 29.0 Å². The number of rotatable bonds is 13. The lowest BCUT2D eigenvalue weighted by Crippen LogP contribution is -2.29. The van der Waals surface area contributed by atoms with Crippen LogP contribution in [0.4, 0.5) is 0 Å². The van der Waals surface area contributed by atoms with Gasteiger partial charge in [0, 0.05) is 28.4 Å². The van der Waals surface area contributed by atoms with E-state index in [2.05, 4.69) is 20.8 Å². The van der Waals surface area contributed by atoms with Crippen molar-refractivity contribution in [1.82, 2.24) is 0 Å². The van der Waals surface area contributed by atoms with E-state index >= 15 is 0 Å². The van der Waals surface area contributed by atoms with E-state index in [1.807, 2.05) is 6.08 Å². The molecule has 0 radical (unpaired) electrons. The predicted molar refractivity (Wildman–Crippen MR) is 110 cm³/mol. The molecule has 0 aromatic carbocycles. The molecule has 0 aliphatic carbocycles. The van der Waals surface area contributed by atoms with Crippen LogP contribution in [0.1, 0.15) is 78.6 Å². The zero-order chi connectivity index (χ0) is 20.4. The Labute approximate surface area is 166 Å². The monoisotopic (exact) mass is 402 g/mol. The number of hydrogen-bond acceptors (Lipinski definition) is 4. The molecular weight excluding hydrogens is 364 g/mol. The second-order valence-corrected chi connectivity index (χ2v) is 10.2. The smallest absolute Gasteiger partial charge is 0.303 e. The molecule has 1 heterocycles. The number of aliphatic hydroxyl groups excluding tert-OH is 2. The van der Waals surface area contributed by atoms with Crippen molar-refractivity contribution in [3.8, 4) is 0 Å². The maximum absolute atomic E-state index is 12.4. The molecule has 1 rings (SSSR count). The first-order valence-electron chi connectivity index (χ1n) is 10.3. The minimum atomic E-state index is -1.05. The summed E-state index contributed by atoms with van der Waals surface area (Å²) < 4.78 is 12.4. The lowest BCUT2D eigenvalue weighted by atomic mass is 9.80. The number of carbonyl (C=O) groups is 1. The SMILES string of the molecule is CCCCC(C)(C)C(O)/C=C/C1C(O)CS(=O)C1CCCCCCC(=O)O. The summed E-state index contributed by atoms with van der Waals surface area (Å²) in [6, 6.07) is 0. The first kappa shape index (κ1) is 24.3. The van der Waals surface area contributed by atoms with E-state index in [4.69, 9.17) is 5.11 Å². The molecular formula is C21H38O5S. The molecule has 27 heavy (non-hydrogen) atoms. The summed E-state index contributed by atoms with van der Waals surface area (Å²) in [6.07, 6.45) is 9.86. The molecule has 0 bridgehead atoms. The molecule has 1 aliphatic heterocycles. The van der Waals surface area contributed by atoms with Gasteiger partial charge in [0.25, 0.3) is 0 Å². The van der Waals surface area contributed by atoms with Crippen molar-refractivity contribution < 1.29 is 24.3 Å². The van der Waals surface area contributed by atoms with Gasteiger partial charge in [-0.3, -0.25) is 9.00 Å². The highest BCUT2D eigenvalue weighted by atomic mass is 32.2. The van der Waals surface area contributed by atoms with Gasteiger partial charge in [0.05, 0.1) is 18.0 Å². The van der Waals surface area contributed by atoms with Crippen molar-refractivity contribution in [2.24, 2.45) is 11.3 Å². The molecule has 6 heteroatoms. The van der Waals surface area contributed by atoms with Crippen molar-refractivity contribution >= 4 is 16.8 Å². The van der Waals surface area contributed by atoms with Crippen LogP contribution in [0.3, 0.4) is 0 Å². The fourth-order valence-corrected chi connectivity index (χ4v) is 5.51. The molecule has 0 amide bonds. The van der Waals surface area contributed by atoms with Gasteiger partial charge in [-0.05, 0) is 24.7 Å². The molecule has 5 atom stereocenters. The Morgan fingerprint density at radius 2 is 1.89 bits per heavy atom. The molecule has 1 aliphatic rings. The first-order chi connectivity index (χ1) is 12.7. The van der Waals surface area contributed by atoms with Gasteiger partial charge in [-0.25, -0.2) is 0 Å². The summed E-state index contributed by atoms with van der Waals surface area (Å²) >= 11 is 0. The molecule has 1 saturated heterocycles. The van der Waals surface area contributed by atoms with Gasteiger partial charge in [0.1, 0.15) is 0 Å². The lowest BCUT2D eigenvalue weighted by Gasteiger charge is -2.29. The third-order valence-electron chi connectivity index (χ3n) is 5.67. The van der Waals surface area contributed by atoms with Crippen molar-refractivity contribution in [3.63, 3.8) is 0 Å². The number of aliphatic carboxylic acids is 1. The second kappa shape index (κ2) is 12.0. The third-order valence-corrected chi connectivity index (χ3v) is 7.56. The van der Waals surface area contributed by atoms with Crippen molar-refractivity contribution in [2.45, 2.75) is 96.0 Å². The lowest BCUT2D eigenvalue weighted by molar-refractivity contribution is -0.137. The largest absolute Gasteiger partial charge is 0.481 e. The van der Waals surface area contributed by atoms with Gasteiger partial charge in [-0.2, -0.15) is 0 Å². The summed E-state index contributed by atoms with van der Waals surface area (Å²) in [4.78, 5) is 10.5. The Morgan fingerprint density at radius 3 is 2.52 bits per heavy atom. The van der Waals surface area contributed by atoms with Crippen molar-refractivity contribution in [1.29, 1.82) is 0 Å². The van der Waals surface area contributed by atoms with Crippen LogP contribution in [0.2, 0.25) is 0 Å². The van der Waals surface area contributed by atoms with Crippen molar-refractivity contribution in [3.05, 3.63) is 12.2 Å². The van der Waals surface area contributed by atoms with Gasteiger partial charge in [0.15, 0.2) is 0 Å². The quantitative estimate of drug-likeness (QED) is 0.323. The van der Waals surface area contributed by atoms with Crippen LogP contribution in [0, 0.1) is 11.3 Å². The van der Waals surface area contributed by atoms with E-state index in [0.717, 1.165) is 44.9 Å². The van der Waals surface area contributed by atoms with Gasteiger partial charge in [-0.15, -0.1) is 0 Å². The molecule has 0 aromatic heterocycles. The summed E-state index contributed by atoms with van der Waals surface area (Å²) in [5, 5.41) is 29.4. The van der Waals surface area contributed by atoms with E-state index in [9.17, 15) is 19.2 Å². The maximum Gasteiger partial charge on any atom is 0.303 e. The number of carboxylic acids is 1. The third kappa shape index (κ3) is 8.44. The molecule has 0 aromatic rings. The van der Waals surface area contributed by atoms with E-state index in [1.54, 1.807) is 6.08 Å². The van der Waals surface area contributed by atoms with Crippen molar-refractivity contribution in [2.75, 3.05) is 5.75 Å². The number of aliphatic hydroxyl groups is 2. The zero-order valence-corrected chi connectivity index (χ0v) is 17.9. The summed E-state index contributed by atoms with van der Waals surface area (Å²) in [7, 11) is -1.05. The minimum absolute atomic E-state index is 0.0818. The standard InChI is InChI=1S/C21H38O5S/c1-4-5-14-21(2,3)19(23)13-12-16-17(22)15-27(26)18(16)10-8-6-7-9-11-20(24)25/h12-13,16-19,22-23H,4-11,14-15H2,1-3H3,(H,24,25)/b13-12+. The number of hydrogen-bond donors (Lipinski definition) is 3. The van der Waals surface area contributed by atoms with Crippen LogP contribution in [0.5, 0.6) is 0 Å². The van der Waals surface area contributed by atoms with Gasteiger partial charge in [0.2, 0.25) is 0 Å². The summed E-state index contributed by atoms with van der Waals surface area (Å²) in [6.45, 7) is 6.24. The van der Waals surface area contributed by atoms with E-state index in [1.165, 1.54) is 0 Å². The average Bonchev–Trinajstić information content (AvgIpc) is 2.86. The van der Waals surface area contributed by atoms with Gasteiger partial charge < -0.3 is 15.3 Å². The molecule has 0 saturated carbocycles. The Kier molecular flexibility index (Phi) is 10.8. The Balaban J connectivity index is 2.55. The molecule has 1 fully saturated rings. The molecule has 3 N–H and O–H groups in total. The van der Waals surface area contributed by atoms with Crippen LogP contribution in [0.25, 0.3) is 0 Å². The summed E-state index contributed by atoms with van der Waals surface area (Å²) in [5.74, 6) is -0.643. The Hall–Kier alpha value is -0.720. The van der Waals surface area contributed by atoms with Gasteiger partial charge >= 0.3 is 5.97 Å². The van der Waals surface area contributed by atoms with Crippen LogP contribution in [0.15, 0.2) is 12.2 Å². The van der Waals surface area contributed by atoms with Crippen LogP contribution >= 0.6 is 0 Å². The summed E-state index contributed by atoms with van der Waals surface area (Å²) in [5.41, 5.74) is -0.213. The van der Waals surface area contributed by atoms with Gasteiger partial charge in [-0.1, -0.05) is 65.0 Å². The second-order valence-electron chi connectivity index (χ2n) is 8.50. The van der Waals surface area contributed by atoms with Crippen LogP contribution in [-0.2, 0) is 15.6 Å². The number of carboxylic acid groups (broad SMARTS) is 1. The Morgan fingerprint density at radius 1 is 1.22 bits per heavy atom. The molecule has 5 nitrogen and oxygen atoms in total. The number of unbranched alkanes of at least 4 members (excludes halogenated alkanes) is 4. The van der Waals surface area contributed by atoms with E-state index in [-0.39, 0.29) is 23.0 Å². The predicted octanol–water partition coefficient (Wildman–Crippen LogP) is 3.65. The Bertz CT molecular complexity index is 503. The average molecular weight is 403 g/mol. The fraction of sp³-hybridized carbons (Fsp3) is 0.857. The molecule has 5 unspecified atom stereocenters. The normalized spacial score (nSPS) is 27.3. The highest BCUT2D eigenvalue weighted by Gasteiger charge is 2.39. The molecule has 0 spiro atoms. The highest BCUT2D eigenvalue weighted by molar-refractivity contribution is 7.86. The van der Waals surface area contributed by atoms with Crippen LogP contribution in [-0.4, -0.2) is 48.7 Å².